The number of nitrogens with one attached hydrogen (secondary N) is 1. The van der Waals surface area contributed by atoms with E-state index in [2.05, 4.69) is 10.4 Å². The summed E-state index contributed by atoms with van der Waals surface area (Å²) in [6.07, 6.45) is 0. The van der Waals surface area contributed by atoms with Crippen molar-refractivity contribution in [2.45, 2.75) is 13.5 Å². The second-order valence-electron chi connectivity index (χ2n) is 7.15. The third-order valence-corrected chi connectivity index (χ3v) is 4.73. The van der Waals surface area contributed by atoms with Gasteiger partial charge in [-0.25, -0.2) is 9.48 Å². The van der Waals surface area contributed by atoms with Crippen LogP contribution in [-0.4, -0.2) is 26.8 Å². The number of aromatic nitrogens is 2. The highest BCUT2D eigenvalue weighted by atomic mass is 16.5. The molecule has 0 atom stereocenters. The number of nitrogens with zero attached hydrogens (tertiary/aromatic N) is 2. The second-order valence-corrected chi connectivity index (χ2v) is 7.15. The Balaban J connectivity index is 1.49. The lowest BCUT2D eigenvalue weighted by Crippen LogP contribution is -2.31. The van der Waals surface area contributed by atoms with Crippen LogP contribution in [0.5, 0.6) is 11.5 Å². The van der Waals surface area contributed by atoms with Crippen molar-refractivity contribution in [1.82, 2.24) is 9.78 Å². The first-order valence-electron chi connectivity index (χ1n) is 9.78. The number of hydrogen-bond donors (Lipinski definition) is 2. The fourth-order valence-electron chi connectivity index (χ4n) is 3.26. The van der Waals surface area contributed by atoms with Gasteiger partial charge in [-0.1, -0.05) is 30.3 Å². The molecule has 3 aromatic carbocycles. The van der Waals surface area contributed by atoms with Gasteiger partial charge in [0.1, 0.15) is 18.0 Å². The number of carboxylic acids is 1. The van der Waals surface area contributed by atoms with Crippen LogP contribution in [0.1, 0.15) is 16.1 Å². The fourth-order valence-corrected chi connectivity index (χ4v) is 3.26. The molecule has 160 valence electrons. The Bertz CT molecular complexity index is 1380. The third kappa shape index (κ3) is 4.49. The molecule has 0 saturated heterocycles. The first kappa shape index (κ1) is 20.8. The van der Waals surface area contributed by atoms with Gasteiger partial charge >= 0.3 is 5.97 Å². The summed E-state index contributed by atoms with van der Waals surface area (Å²) in [5.74, 6) is -0.483. The lowest BCUT2D eigenvalue weighted by atomic mass is 10.1. The molecule has 4 aromatic rings. The van der Waals surface area contributed by atoms with Crippen LogP contribution in [0.15, 0.2) is 77.6 Å². The van der Waals surface area contributed by atoms with Gasteiger partial charge in [0.25, 0.3) is 5.56 Å². The zero-order chi connectivity index (χ0) is 22.7. The highest BCUT2D eigenvalue weighted by Crippen LogP contribution is 2.23. The Morgan fingerprint density at radius 2 is 1.69 bits per heavy atom. The molecule has 0 radical (unpaired) electrons. The van der Waals surface area contributed by atoms with Gasteiger partial charge in [-0.2, -0.15) is 5.10 Å². The smallest absolute Gasteiger partial charge is 0.357 e. The van der Waals surface area contributed by atoms with Crippen LogP contribution >= 0.6 is 0 Å². The number of carboxylic acid groups (broad SMARTS) is 1. The minimum atomic E-state index is -1.28. The number of amides is 1. The zero-order valence-electron chi connectivity index (χ0n) is 17.1. The highest BCUT2D eigenvalue weighted by Gasteiger charge is 2.17. The van der Waals surface area contributed by atoms with E-state index in [1.807, 2.05) is 31.2 Å². The van der Waals surface area contributed by atoms with Crippen molar-refractivity contribution in [2.24, 2.45) is 0 Å². The molecule has 8 nitrogen and oxygen atoms in total. The molecule has 0 bridgehead atoms. The zero-order valence-corrected chi connectivity index (χ0v) is 17.1. The summed E-state index contributed by atoms with van der Waals surface area (Å²) in [5.41, 5.74) is 0.752. The number of ether oxygens (including phenoxy) is 1. The van der Waals surface area contributed by atoms with E-state index >= 15 is 0 Å². The van der Waals surface area contributed by atoms with Crippen molar-refractivity contribution in [3.8, 4) is 11.5 Å². The molecule has 32 heavy (non-hydrogen) atoms. The van der Waals surface area contributed by atoms with E-state index in [1.54, 1.807) is 36.4 Å². The average Bonchev–Trinajstić information content (AvgIpc) is 2.77. The standard InChI is InChI=1S/C24H19N3O5/c1-15-5-4-6-18(13-15)32-17-11-9-16(10-12-17)25-21(28)14-27-23(29)20-8-3-2-7-19(20)22(26-27)24(30)31/h2-13H,14H2,1H3,(H,25,28)(H,30,31). The summed E-state index contributed by atoms with van der Waals surface area (Å²) in [5, 5.41) is 16.4. The van der Waals surface area contributed by atoms with Crippen LogP contribution in [-0.2, 0) is 11.3 Å². The van der Waals surface area contributed by atoms with Gasteiger partial charge in [0.2, 0.25) is 5.91 Å². The lowest BCUT2D eigenvalue weighted by Gasteiger charge is -2.10. The number of carbonyl (C=O) groups is 2. The summed E-state index contributed by atoms with van der Waals surface area (Å²) >= 11 is 0. The number of aromatic carboxylic acids is 1. The summed E-state index contributed by atoms with van der Waals surface area (Å²) in [6, 6.07) is 20.7. The van der Waals surface area contributed by atoms with Gasteiger partial charge in [0, 0.05) is 11.1 Å². The molecule has 1 amide bonds. The summed E-state index contributed by atoms with van der Waals surface area (Å²) in [4.78, 5) is 36.7. The SMILES string of the molecule is Cc1cccc(Oc2ccc(NC(=O)Cn3nc(C(=O)O)c4ccccc4c3=O)cc2)c1. The number of fused-ring (bicyclic) bond motifs is 1. The van der Waals surface area contributed by atoms with E-state index in [9.17, 15) is 19.5 Å². The quantitative estimate of drug-likeness (QED) is 0.482. The topological polar surface area (TPSA) is 111 Å². The van der Waals surface area contributed by atoms with Crippen LogP contribution in [0.2, 0.25) is 0 Å². The second kappa shape index (κ2) is 8.73. The Morgan fingerprint density at radius 1 is 0.969 bits per heavy atom. The molecule has 4 rings (SSSR count). The predicted octanol–water partition coefficient (Wildman–Crippen LogP) is 3.83. The molecule has 0 aliphatic carbocycles. The number of carbonyl (C=O) groups excluding carboxylic acids is 1. The summed E-state index contributed by atoms with van der Waals surface area (Å²) < 4.78 is 6.64. The molecule has 0 unspecified atom stereocenters. The summed E-state index contributed by atoms with van der Waals surface area (Å²) in [7, 11) is 0. The Kier molecular flexibility index (Phi) is 5.67. The van der Waals surface area contributed by atoms with Crippen molar-refractivity contribution in [2.75, 3.05) is 5.32 Å². The van der Waals surface area contributed by atoms with Gasteiger partial charge in [-0.05, 0) is 55.0 Å². The van der Waals surface area contributed by atoms with Crippen LogP contribution in [0.25, 0.3) is 10.8 Å². The van der Waals surface area contributed by atoms with Crippen molar-refractivity contribution < 1.29 is 19.4 Å². The van der Waals surface area contributed by atoms with Gasteiger partial charge in [-0.15, -0.1) is 0 Å². The number of anilines is 1. The van der Waals surface area contributed by atoms with Gasteiger partial charge in [-0.3, -0.25) is 9.59 Å². The van der Waals surface area contributed by atoms with Gasteiger partial charge in [0.05, 0.1) is 5.39 Å². The van der Waals surface area contributed by atoms with E-state index in [4.69, 9.17) is 4.74 Å². The third-order valence-electron chi connectivity index (χ3n) is 4.73. The Labute approximate surface area is 182 Å². The molecule has 0 fully saturated rings. The average molecular weight is 429 g/mol. The number of benzene rings is 3. The molecule has 2 N–H and O–H groups in total. The van der Waals surface area contributed by atoms with Crippen molar-refractivity contribution >= 4 is 28.3 Å². The molecular weight excluding hydrogens is 410 g/mol. The number of aryl methyl sites for hydroxylation is 1. The minimum absolute atomic E-state index is 0.186. The molecule has 8 heteroatoms. The largest absolute Gasteiger partial charge is 0.476 e. The number of rotatable bonds is 6. The highest BCUT2D eigenvalue weighted by molar-refractivity contribution is 6.01. The van der Waals surface area contributed by atoms with Crippen LogP contribution in [0.4, 0.5) is 5.69 Å². The Hall–Kier alpha value is -4.46. The predicted molar refractivity (Wildman–Crippen MR) is 119 cm³/mol. The van der Waals surface area contributed by atoms with E-state index in [1.165, 1.54) is 12.1 Å². The maximum Gasteiger partial charge on any atom is 0.357 e. The van der Waals surface area contributed by atoms with Crippen molar-refractivity contribution in [1.29, 1.82) is 0 Å². The normalized spacial score (nSPS) is 10.7. The molecule has 0 aliphatic rings. The fraction of sp³-hybridized carbons (Fsp3) is 0.0833. The maximum absolute atomic E-state index is 12.6. The van der Waals surface area contributed by atoms with E-state index < -0.39 is 24.0 Å². The minimum Gasteiger partial charge on any atom is -0.476 e. The summed E-state index contributed by atoms with van der Waals surface area (Å²) in [6.45, 7) is 1.55. The lowest BCUT2D eigenvalue weighted by molar-refractivity contribution is -0.117. The van der Waals surface area contributed by atoms with Crippen molar-refractivity contribution in [3.63, 3.8) is 0 Å². The van der Waals surface area contributed by atoms with Crippen LogP contribution < -0.4 is 15.6 Å². The van der Waals surface area contributed by atoms with E-state index in [-0.39, 0.29) is 16.5 Å². The monoisotopic (exact) mass is 429 g/mol. The first-order chi connectivity index (χ1) is 15.4. The molecule has 0 saturated carbocycles. The molecule has 0 spiro atoms. The Morgan fingerprint density at radius 3 is 2.38 bits per heavy atom. The maximum atomic E-state index is 12.6. The number of hydrogen-bond acceptors (Lipinski definition) is 5. The van der Waals surface area contributed by atoms with E-state index in [0.29, 0.717) is 17.2 Å². The molecular formula is C24H19N3O5. The van der Waals surface area contributed by atoms with Crippen LogP contribution in [0, 0.1) is 6.92 Å². The van der Waals surface area contributed by atoms with Gasteiger partial charge in [0.15, 0.2) is 5.69 Å². The van der Waals surface area contributed by atoms with E-state index in [0.717, 1.165) is 10.2 Å². The molecule has 1 heterocycles. The van der Waals surface area contributed by atoms with Gasteiger partial charge < -0.3 is 15.2 Å². The molecule has 0 aliphatic heterocycles. The van der Waals surface area contributed by atoms with Crippen LogP contribution in [0.3, 0.4) is 0 Å². The van der Waals surface area contributed by atoms with Crippen molar-refractivity contribution in [3.05, 3.63) is 94.4 Å². The molecule has 1 aromatic heterocycles. The first-order valence-corrected chi connectivity index (χ1v) is 9.78.